The van der Waals surface area contributed by atoms with E-state index in [1.165, 1.54) is 10.9 Å². The summed E-state index contributed by atoms with van der Waals surface area (Å²) >= 11 is 6.44. The standard InChI is InChI=1S/C24H27ClF3N3O4S/c1-24(2,35)23(13-5-3-4-6-14(13)25)36-11-18(33)21(22(34)19(36)10-32)31-9-17(29-30-31)12-7-15(26)20(28)16(27)8-12/h3-9,18-19,21-23,32-36H,10-11H2,1-2H3/t18-,19+,21-,22-,23?/m0/s1. The molecule has 0 aliphatic carbocycles. The van der Waals surface area contributed by atoms with Gasteiger partial charge in [-0.2, -0.15) is 0 Å². The number of aliphatic hydroxyl groups is 4. The van der Waals surface area contributed by atoms with Crippen LogP contribution in [0.15, 0.2) is 42.6 Å². The molecule has 1 aliphatic rings. The molecule has 0 spiro atoms. The summed E-state index contributed by atoms with van der Waals surface area (Å²) in [6, 6.07) is 7.51. The number of nitrogens with zero attached hydrogens (tertiary/aromatic N) is 3. The molecule has 1 saturated heterocycles. The van der Waals surface area contributed by atoms with Crippen molar-refractivity contribution in [1.29, 1.82) is 0 Å². The average molecular weight is 546 g/mol. The lowest BCUT2D eigenvalue weighted by molar-refractivity contribution is 0.00572. The molecule has 0 amide bonds. The molecule has 3 aromatic rings. The van der Waals surface area contributed by atoms with Crippen LogP contribution in [0.3, 0.4) is 0 Å². The third-order valence-corrected chi connectivity index (χ3v) is 10.5. The zero-order valence-corrected chi connectivity index (χ0v) is 21.1. The largest absolute Gasteiger partial charge is 0.395 e. The van der Waals surface area contributed by atoms with Crippen LogP contribution in [0.25, 0.3) is 11.3 Å². The van der Waals surface area contributed by atoms with Crippen molar-refractivity contribution in [2.24, 2.45) is 0 Å². The summed E-state index contributed by atoms with van der Waals surface area (Å²) in [4.78, 5) is 0. The third kappa shape index (κ3) is 5.00. The number of thiol groups is 1. The van der Waals surface area contributed by atoms with Gasteiger partial charge in [0.05, 0.1) is 30.6 Å². The van der Waals surface area contributed by atoms with Crippen molar-refractivity contribution in [2.75, 3.05) is 12.4 Å². The predicted octanol–water partition coefficient (Wildman–Crippen LogP) is 3.17. The van der Waals surface area contributed by atoms with Gasteiger partial charge in [-0.25, -0.2) is 28.7 Å². The third-order valence-electron chi connectivity index (χ3n) is 6.45. The fourth-order valence-electron chi connectivity index (χ4n) is 4.87. The molecule has 0 radical (unpaired) electrons. The summed E-state index contributed by atoms with van der Waals surface area (Å²) in [6.07, 6.45) is -1.17. The topological polar surface area (TPSA) is 112 Å². The number of rotatable bonds is 6. The van der Waals surface area contributed by atoms with Crippen molar-refractivity contribution >= 4 is 22.5 Å². The van der Waals surface area contributed by atoms with Gasteiger partial charge < -0.3 is 20.4 Å². The molecule has 1 aromatic heterocycles. The predicted molar refractivity (Wildman–Crippen MR) is 132 cm³/mol. The maximum atomic E-state index is 13.7. The van der Waals surface area contributed by atoms with Crippen LogP contribution in [0.4, 0.5) is 13.2 Å². The average Bonchev–Trinajstić information content (AvgIpc) is 3.27. The molecule has 196 valence electrons. The fourth-order valence-corrected chi connectivity index (χ4v) is 8.88. The molecule has 6 atom stereocenters. The number of benzene rings is 2. The van der Waals surface area contributed by atoms with Gasteiger partial charge in [0.25, 0.3) is 0 Å². The number of aliphatic hydroxyl groups excluding tert-OH is 3. The highest BCUT2D eigenvalue weighted by Crippen LogP contribution is 2.58. The van der Waals surface area contributed by atoms with E-state index in [4.69, 9.17) is 11.6 Å². The number of aromatic nitrogens is 3. The second-order valence-electron chi connectivity index (χ2n) is 9.41. The Bertz CT molecular complexity index is 1220. The molecule has 36 heavy (non-hydrogen) atoms. The van der Waals surface area contributed by atoms with Crippen molar-refractivity contribution in [3.05, 3.63) is 70.6 Å². The first-order chi connectivity index (χ1) is 16.9. The van der Waals surface area contributed by atoms with Crippen molar-refractivity contribution < 1.29 is 33.6 Å². The second kappa shape index (κ2) is 10.3. The summed E-state index contributed by atoms with van der Waals surface area (Å²) in [5, 5.41) is 50.7. The molecule has 4 rings (SSSR count). The minimum absolute atomic E-state index is 0.00558. The SMILES string of the molecule is CC(C)(O)C(c1ccccc1Cl)[SH]1C[C@H](O)[C@H](n2cc(-c3cc(F)c(F)c(F)c3)nn2)[C@@H](O)[C@H]1CO. The van der Waals surface area contributed by atoms with Crippen LogP contribution in [0.5, 0.6) is 0 Å². The Morgan fingerprint density at radius 2 is 1.81 bits per heavy atom. The molecule has 2 aromatic carbocycles. The molecule has 1 fully saturated rings. The van der Waals surface area contributed by atoms with Crippen LogP contribution in [0.1, 0.15) is 30.7 Å². The molecular weight excluding hydrogens is 519 g/mol. The first-order valence-electron chi connectivity index (χ1n) is 11.2. The van der Waals surface area contributed by atoms with E-state index < -0.39 is 69.3 Å². The van der Waals surface area contributed by atoms with Crippen LogP contribution in [-0.4, -0.2) is 70.8 Å². The quantitative estimate of drug-likeness (QED) is 0.240. The lowest BCUT2D eigenvalue weighted by Crippen LogP contribution is -2.52. The highest BCUT2D eigenvalue weighted by Gasteiger charge is 2.49. The zero-order valence-electron chi connectivity index (χ0n) is 19.4. The summed E-state index contributed by atoms with van der Waals surface area (Å²) in [6.45, 7) is 2.81. The Hall–Kier alpha value is -2.15. The summed E-state index contributed by atoms with van der Waals surface area (Å²) in [5.74, 6) is -4.25. The molecular formula is C24H27ClF3N3O4S. The van der Waals surface area contributed by atoms with E-state index in [1.54, 1.807) is 38.1 Å². The first-order valence-corrected chi connectivity index (χ1v) is 13.2. The minimum Gasteiger partial charge on any atom is -0.395 e. The molecule has 7 nitrogen and oxygen atoms in total. The van der Waals surface area contributed by atoms with Gasteiger partial charge in [-0.05, 0) is 37.6 Å². The van der Waals surface area contributed by atoms with Crippen LogP contribution in [0.2, 0.25) is 5.02 Å². The monoisotopic (exact) mass is 545 g/mol. The van der Waals surface area contributed by atoms with E-state index in [2.05, 4.69) is 10.3 Å². The smallest absolute Gasteiger partial charge is 0.194 e. The maximum Gasteiger partial charge on any atom is 0.194 e. The fraction of sp³-hybridized carbons (Fsp3) is 0.417. The van der Waals surface area contributed by atoms with Gasteiger partial charge in [0.1, 0.15) is 11.7 Å². The Morgan fingerprint density at radius 3 is 2.39 bits per heavy atom. The Kier molecular flexibility index (Phi) is 7.70. The molecule has 1 aliphatic heterocycles. The Balaban J connectivity index is 1.68. The van der Waals surface area contributed by atoms with E-state index in [1.807, 2.05) is 0 Å². The van der Waals surface area contributed by atoms with E-state index in [9.17, 15) is 33.6 Å². The van der Waals surface area contributed by atoms with E-state index in [0.717, 1.165) is 12.1 Å². The van der Waals surface area contributed by atoms with Gasteiger partial charge in [0.2, 0.25) is 0 Å². The lowest BCUT2D eigenvalue weighted by atomic mass is 9.97. The van der Waals surface area contributed by atoms with Crippen molar-refractivity contribution in [3.8, 4) is 11.3 Å². The normalized spacial score (nSPS) is 26.7. The lowest BCUT2D eigenvalue weighted by Gasteiger charge is -2.50. The van der Waals surface area contributed by atoms with Crippen LogP contribution < -0.4 is 0 Å². The van der Waals surface area contributed by atoms with Crippen LogP contribution in [-0.2, 0) is 0 Å². The highest BCUT2D eigenvalue weighted by molar-refractivity contribution is 8.18. The molecule has 4 N–H and O–H groups in total. The number of halogens is 4. The van der Waals surface area contributed by atoms with Gasteiger partial charge in [-0.3, -0.25) is 0 Å². The van der Waals surface area contributed by atoms with E-state index in [-0.39, 0.29) is 17.0 Å². The number of hydrogen-bond donors (Lipinski definition) is 5. The summed E-state index contributed by atoms with van der Waals surface area (Å²) < 4.78 is 41.9. The minimum atomic E-state index is -1.61. The van der Waals surface area contributed by atoms with E-state index >= 15 is 0 Å². The van der Waals surface area contributed by atoms with E-state index in [0.29, 0.717) is 10.6 Å². The first kappa shape index (κ1) is 26.9. The van der Waals surface area contributed by atoms with Crippen molar-refractivity contribution in [3.63, 3.8) is 0 Å². The molecule has 2 unspecified atom stereocenters. The van der Waals surface area contributed by atoms with Gasteiger partial charge in [-0.15, -0.1) is 5.10 Å². The van der Waals surface area contributed by atoms with Gasteiger partial charge in [0, 0.05) is 26.8 Å². The van der Waals surface area contributed by atoms with Crippen molar-refractivity contribution in [1.82, 2.24) is 15.0 Å². The highest BCUT2D eigenvalue weighted by atomic mass is 35.5. The summed E-state index contributed by atoms with van der Waals surface area (Å²) in [5.41, 5.74) is -0.698. The zero-order chi connectivity index (χ0) is 26.4. The number of hydrogen-bond acceptors (Lipinski definition) is 6. The van der Waals surface area contributed by atoms with Crippen LogP contribution in [0, 0.1) is 17.5 Å². The van der Waals surface area contributed by atoms with Gasteiger partial charge in [-0.1, -0.05) is 35.0 Å². The molecule has 0 bridgehead atoms. The van der Waals surface area contributed by atoms with Crippen molar-refractivity contribution in [2.45, 2.75) is 48.2 Å². The Morgan fingerprint density at radius 1 is 1.17 bits per heavy atom. The molecule has 12 heteroatoms. The van der Waals surface area contributed by atoms with Crippen LogP contribution >= 0.6 is 22.5 Å². The second-order valence-corrected chi connectivity index (χ2v) is 12.4. The van der Waals surface area contributed by atoms with Gasteiger partial charge >= 0.3 is 0 Å². The maximum absolute atomic E-state index is 13.7. The summed E-state index contributed by atoms with van der Waals surface area (Å²) in [7, 11) is -1.41. The molecule has 2 heterocycles. The van der Waals surface area contributed by atoms with Gasteiger partial charge in [0.15, 0.2) is 17.5 Å². The Labute approximate surface area is 213 Å². The molecule has 0 saturated carbocycles.